The molecule has 0 saturated carbocycles. The summed E-state index contributed by atoms with van der Waals surface area (Å²) in [6.07, 6.45) is 0. The molecule has 2 aromatic rings. The van der Waals surface area contributed by atoms with Crippen LogP contribution in [0.1, 0.15) is 10.4 Å². The molecule has 2 rings (SSSR count). The Labute approximate surface area is 132 Å². The topological polar surface area (TPSA) is 89.7 Å². The number of hydrogen-bond donors (Lipinski definition) is 1. The average Bonchev–Trinajstić information content (AvgIpc) is 2.40. The number of nitro benzene ring substituents is 1. The lowest BCUT2D eigenvalue weighted by molar-refractivity contribution is -0.384. The van der Waals surface area contributed by atoms with E-state index in [1.54, 1.807) is 6.07 Å². The summed E-state index contributed by atoms with van der Waals surface area (Å²) >= 11 is 9.12. The summed E-state index contributed by atoms with van der Waals surface area (Å²) in [7, 11) is 0. The van der Waals surface area contributed by atoms with E-state index in [1.165, 1.54) is 24.3 Å². The lowest BCUT2D eigenvalue weighted by Crippen LogP contribution is -2.00. The van der Waals surface area contributed by atoms with Gasteiger partial charge in [-0.2, -0.15) is 0 Å². The highest BCUT2D eigenvalue weighted by atomic mass is 79.9. The molecule has 0 bridgehead atoms. The molecule has 21 heavy (non-hydrogen) atoms. The number of non-ortho nitro benzene ring substituents is 1. The Bertz CT molecular complexity index is 734. The number of aromatic carboxylic acids is 1. The molecule has 0 aromatic heterocycles. The average molecular weight is 373 g/mol. The molecule has 1 N–H and O–H groups in total. The minimum absolute atomic E-state index is 0.00599. The predicted octanol–water partition coefficient (Wildman–Crippen LogP) is 4.50. The minimum Gasteiger partial charge on any atom is -0.478 e. The van der Waals surface area contributed by atoms with Gasteiger partial charge in [-0.15, -0.1) is 0 Å². The number of ether oxygens (including phenoxy) is 1. The van der Waals surface area contributed by atoms with Gasteiger partial charge in [0.2, 0.25) is 0 Å². The highest BCUT2D eigenvalue weighted by Gasteiger charge is 2.16. The smallest absolute Gasteiger partial charge is 0.339 e. The van der Waals surface area contributed by atoms with Crippen molar-refractivity contribution in [3.05, 3.63) is 61.6 Å². The molecule has 0 fully saturated rings. The van der Waals surface area contributed by atoms with Gasteiger partial charge in [0, 0.05) is 10.5 Å². The van der Waals surface area contributed by atoms with Crippen molar-refractivity contribution in [3.63, 3.8) is 0 Å². The molecule has 0 radical (unpaired) electrons. The normalized spacial score (nSPS) is 10.2. The molecular weight excluding hydrogens is 366 g/mol. The Hall–Kier alpha value is -2.12. The van der Waals surface area contributed by atoms with Crippen molar-refractivity contribution in [2.45, 2.75) is 0 Å². The van der Waals surface area contributed by atoms with Crippen molar-refractivity contribution in [2.24, 2.45) is 0 Å². The Morgan fingerprint density at radius 2 is 1.95 bits per heavy atom. The van der Waals surface area contributed by atoms with E-state index in [4.69, 9.17) is 21.4 Å². The van der Waals surface area contributed by atoms with E-state index < -0.39 is 10.9 Å². The number of nitro groups is 1. The maximum Gasteiger partial charge on any atom is 0.339 e. The van der Waals surface area contributed by atoms with E-state index in [0.29, 0.717) is 4.47 Å². The molecule has 108 valence electrons. The van der Waals surface area contributed by atoms with Gasteiger partial charge in [0.05, 0.1) is 16.0 Å². The molecule has 0 amide bonds. The van der Waals surface area contributed by atoms with Gasteiger partial charge in [0.15, 0.2) is 5.75 Å². The molecule has 0 aliphatic heterocycles. The monoisotopic (exact) mass is 371 g/mol. The zero-order valence-electron chi connectivity index (χ0n) is 10.2. The molecule has 8 heteroatoms. The quantitative estimate of drug-likeness (QED) is 0.630. The predicted molar refractivity (Wildman–Crippen MR) is 79.3 cm³/mol. The van der Waals surface area contributed by atoms with E-state index in [2.05, 4.69) is 15.9 Å². The van der Waals surface area contributed by atoms with Gasteiger partial charge < -0.3 is 9.84 Å². The molecule has 0 aliphatic carbocycles. The summed E-state index contributed by atoms with van der Waals surface area (Å²) in [5.74, 6) is -1.15. The van der Waals surface area contributed by atoms with Crippen LogP contribution in [0.25, 0.3) is 0 Å². The number of nitrogens with zero attached hydrogens (tertiary/aromatic N) is 1. The molecule has 2 aromatic carbocycles. The fraction of sp³-hybridized carbons (Fsp3) is 0. The van der Waals surface area contributed by atoms with Crippen LogP contribution in [0.5, 0.6) is 11.5 Å². The zero-order chi connectivity index (χ0) is 15.6. The molecule has 0 heterocycles. The van der Waals surface area contributed by atoms with Crippen molar-refractivity contribution in [1.29, 1.82) is 0 Å². The van der Waals surface area contributed by atoms with E-state index in [9.17, 15) is 14.9 Å². The molecule has 0 aliphatic rings. The second-order valence-corrected chi connectivity index (χ2v) is 5.24. The largest absolute Gasteiger partial charge is 0.478 e. The molecular formula is C13H7BrClNO5. The SMILES string of the molecule is O=C(O)c1ccc(Br)cc1Oc1cc([N+](=O)[O-])ccc1Cl. The third-order valence-electron chi connectivity index (χ3n) is 2.52. The summed E-state index contributed by atoms with van der Waals surface area (Å²) in [5.41, 5.74) is -0.290. The number of carboxylic acid groups (broad SMARTS) is 1. The highest BCUT2D eigenvalue weighted by Crippen LogP contribution is 2.35. The van der Waals surface area contributed by atoms with E-state index in [1.807, 2.05) is 0 Å². The molecule has 0 spiro atoms. The van der Waals surface area contributed by atoms with Crippen molar-refractivity contribution in [2.75, 3.05) is 0 Å². The van der Waals surface area contributed by atoms with Crippen LogP contribution >= 0.6 is 27.5 Å². The summed E-state index contributed by atoms with van der Waals surface area (Å²) in [6, 6.07) is 8.02. The standard InChI is InChI=1S/C13H7BrClNO5/c14-7-1-3-9(13(17)18)11(5-7)21-12-6-8(16(19)20)2-4-10(12)15/h1-6H,(H,17,18). The maximum absolute atomic E-state index is 11.1. The number of carboxylic acids is 1. The first-order chi connectivity index (χ1) is 9.88. The second-order valence-electron chi connectivity index (χ2n) is 3.92. The van der Waals surface area contributed by atoms with Gasteiger partial charge in [-0.1, -0.05) is 27.5 Å². The van der Waals surface area contributed by atoms with Gasteiger partial charge in [-0.05, 0) is 24.3 Å². The minimum atomic E-state index is -1.18. The lowest BCUT2D eigenvalue weighted by atomic mass is 10.2. The number of carbonyl (C=O) groups is 1. The van der Waals surface area contributed by atoms with E-state index in [0.717, 1.165) is 6.07 Å². The summed E-state index contributed by atoms with van der Waals surface area (Å²) in [6.45, 7) is 0. The van der Waals surface area contributed by atoms with Gasteiger partial charge in [-0.3, -0.25) is 10.1 Å². The number of rotatable bonds is 4. The summed E-state index contributed by atoms with van der Waals surface area (Å²) in [4.78, 5) is 21.3. The van der Waals surface area contributed by atoms with Gasteiger partial charge >= 0.3 is 5.97 Å². The van der Waals surface area contributed by atoms with Crippen LogP contribution in [0.15, 0.2) is 40.9 Å². The van der Waals surface area contributed by atoms with Crippen molar-refractivity contribution in [1.82, 2.24) is 0 Å². The zero-order valence-corrected chi connectivity index (χ0v) is 12.6. The van der Waals surface area contributed by atoms with Crippen molar-refractivity contribution >= 4 is 39.2 Å². The number of hydrogen-bond acceptors (Lipinski definition) is 4. The third-order valence-corrected chi connectivity index (χ3v) is 3.33. The molecule has 6 nitrogen and oxygen atoms in total. The Balaban J connectivity index is 2.47. The summed E-state index contributed by atoms with van der Waals surface area (Å²) in [5, 5.41) is 20.0. The first-order valence-electron chi connectivity index (χ1n) is 5.53. The van der Waals surface area contributed by atoms with Crippen molar-refractivity contribution in [3.8, 4) is 11.5 Å². The highest BCUT2D eigenvalue weighted by molar-refractivity contribution is 9.10. The van der Waals surface area contributed by atoms with E-state index >= 15 is 0 Å². The molecule has 0 saturated heterocycles. The van der Waals surface area contributed by atoms with Gasteiger partial charge in [0.25, 0.3) is 5.69 Å². The Morgan fingerprint density at radius 1 is 1.24 bits per heavy atom. The van der Waals surface area contributed by atoms with Crippen LogP contribution in [0, 0.1) is 10.1 Å². The van der Waals surface area contributed by atoms with Crippen LogP contribution in [0.4, 0.5) is 5.69 Å². The number of benzene rings is 2. The van der Waals surface area contributed by atoms with Crippen LogP contribution in [0.2, 0.25) is 5.02 Å². The van der Waals surface area contributed by atoms with Crippen molar-refractivity contribution < 1.29 is 19.6 Å². The molecule has 0 atom stereocenters. The van der Waals surface area contributed by atoms with Crippen LogP contribution in [-0.4, -0.2) is 16.0 Å². The third kappa shape index (κ3) is 3.50. The fourth-order valence-electron chi connectivity index (χ4n) is 1.56. The summed E-state index contributed by atoms with van der Waals surface area (Å²) < 4.78 is 6.03. The second kappa shape index (κ2) is 6.11. The Kier molecular flexibility index (Phi) is 4.44. The Morgan fingerprint density at radius 3 is 2.57 bits per heavy atom. The van der Waals surface area contributed by atoms with Crippen LogP contribution in [0.3, 0.4) is 0 Å². The maximum atomic E-state index is 11.1. The van der Waals surface area contributed by atoms with E-state index in [-0.39, 0.29) is 27.8 Å². The first-order valence-corrected chi connectivity index (χ1v) is 6.70. The number of halogens is 2. The van der Waals surface area contributed by atoms with Gasteiger partial charge in [0.1, 0.15) is 11.3 Å². The lowest BCUT2D eigenvalue weighted by Gasteiger charge is -2.10. The molecule has 0 unspecified atom stereocenters. The fourth-order valence-corrected chi connectivity index (χ4v) is 2.06. The van der Waals surface area contributed by atoms with Gasteiger partial charge in [-0.25, -0.2) is 4.79 Å². The van der Waals surface area contributed by atoms with Crippen LogP contribution in [-0.2, 0) is 0 Å². The first kappa shape index (κ1) is 15.3. The van der Waals surface area contributed by atoms with Crippen LogP contribution < -0.4 is 4.74 Å².